The first-order valence-electron chi connectivity index (χ1n) is 11.8. The van der Waals surface area contributed by atoms with E-state index in [-0.39, 0.29) is 0 Å². The molecule has 0 saturated heterocycles. The van der Waals surface area contributed by atoms with Crippen molar-refractivity contribution in [1.29, 1.82) is 10.8 Å². The number of unbranched alkanes of at least 4 members (excludes halogenated alkanes) is 19. The minimum Gasteiger partial charge on any atom is -0.248 e. The molecule has 0 heterocycles. The fourth-order valence-corrected chi connectivity index (χ4v) is 3.33. The molecule has 0 spiro atoms. The van der Waals surface area contributed by atoms with Crippen LogP contribution in [0.3, 0.4) is 0 Å². The number of hydrogen-bond donors (Lipinski definition) is 2. The van der Waals surface area contributed by atoms with E-state index in [9.17, 15) is 0 Å². The highest BCUT2D eigenvalue weighted by atomic mass is 32.1. The second kappa shape index (κ2) is 37.4. The van der Waals surface area contributed by atoms with Gasteiger partial charge < -0.3 is 0 Å². The van der Waals surface area contributed by atoms with Gasteiger partial charge in [0.25, 0.3) is 0 Å². The Morgan fingerprint density at radius 2 is 0.500 bits per heavy atom. The van der Waals surface area contributed by atoms with Gasteiger partial charge in [-0.15, -0.1) is 0 Å². The zero-order chi connectivity index (χ0) is 21.6. The third kappa shape index (κ3) is 44.8. The molecule has 0 amide bonds. The standard InChI is InChI=1S/C22H46.2CHNS/c1-3-5-7-9-11-13-15-17-19-21-22-20-18-16-14-12-10-8-6-4-2;2*2-1-3/h3-22H2,1-2H3;2*2H. The molecule has 166 valence electrons. The normalized spacial score (nSPS) is 9.36. The van der Waals surface area contributed by atoms with Crippen molar-refractivity contribution < 1.29 is 0 Å². The SMILES string of the molecule is CCCCCCCCCCCCCCCCCCCCCC.N=C=S.N=C=S. The van der Waals surface area contributed by atoms with Gasteiger partial charge in [-0.25, -0.2) is 10.8 Å². The van der Waals surface area contributed by atoms with Crippen LogP contribution in [0.1, 0.15) is 142 Å². The van der Waals surface area contributed by atoms with Crippen molar-refractivity contribution in [2.24, 2.45) is 0 Å². The van der Waals surface area contributed by atoms with Crippen LogP contribution in [-0.4, -0.2) is 10.3 Å². The van der Waals surface area contributed by atoms with Crippen molar-refractivity contribution in [2.45, 2.75) is 142 Å². The van der Waals surface area contributed by atoms with E-state index in [4.69, 9.17) is 10.8 Å². The largest absolute Gasteiger partial charge is 0.248 e. The molecule has 0 bridgehead atoms. The highest BCUT2D eigenvalue weighted by molar-refractivity contribution is 7.78. The van der Waals surface area contributed by atoms with Crippen molar-refractivity contribution >= 4 is 34.8 Å². The lowest BCUT2D eigenvalue weighted by molar-refractivity contribution is 0.523. The maximum atomic E-state index is 5.77. The van der Waals surface area contributed by atoms with Crippen LogP contribution < -0.4 is 0 Å². The molecule has 0 aliphatic carbocycles. The minimum atomic E-state index is 1.37. The van der Waals surface area contributed by atoms with E-state index in [0.717, 1.165) is 0 Å². The zero-order valence-electron chi connectivity index (χ0n) is 19.0. The molecular formula is C24H48N2S2. The molecule has 0 aliphatic rings. The molecule has 0 unspecified atom stereocenters. The maximum Gasteiger partial charge on any atom is 0.0554 e. The van der Waals surface area contributed by atoms with Crippen molar-refractivity contribution in [3.63, 3.8) is 0 Å². The fourth-order valence-electron chi connectivity index (χ4n) is 3.33. The average molecular weight is 429 g/mol. The van der Waals surface area contributed by atoms with E-state index in [1.165, 1.54) is 128 Å². The smallest absolute Gasteiger partial charge is 0.0554 e. The Morgan fingerprint density at radius 1 is 0.393 bits per heavy atom. The van der Waals surface area contributed by atoms with Crippen LogP contribution in [0.15, 0.2) is 0 Å². The number of nitrogens with one attached hydrogen (secondary N) is 2. The van der Waals surface area contributed by atoms with Crippen LogP contribution in [0.25, 0.3) is 0 Å². The molecular weight excluding hydrogens is 380 g/mol. The van der Waals surface area contributed by atoms with Crippen LogP contribution in [-0.2, 0) is 0 Å². The van der Waals surface area contributed by atoms with E-state index in [0.29, 0.717) is 0 Å². The summed E-state index contributed by atoms with van der Waals surface area (Å²) in [5, 5.41) is 14.7. The maximum absolute atomic E-state index is 5.77. The molecule has 2 nitrogen and oxygen atoms in total. The summed E-state index contributed by atoms with van der Waals surface area (Å²) in [4.78, 5) is 0. The summed E-state index contributed by atoms with van der Waals surface area (Å²) < 4.78 is 0. The summed E-state index contributed by atoms with van der Waals surface area (Å²) in [5.41, 5.74) is 0. The molecule has 2 N–H and O–H groups in total. The van der Waals surface area contributed by atoms with E-state index in [2.05, 4.69) is 38.3 Å². The van der Waals surface area contributed by atoms with Gasteiger partial charge >= 0.3 is 0 Å². The van der Waals surface area contributed by atoms with Gasteiger partial charge in [0.2, 0.25) is 0 Å². The Morgan fingerprint density at radius 3 is 0.607 bits per heavy atom. The predicted octanol–water partition coefficient (Wildman–Crippen LogP) is 10.2. The second-order valence-electron chi connectivity index (χ2n) is 7.57. The van der Waals surface area contributed by atoms with Crippen LogP contribution in [0, 0.1) is 10.8 Å². The Hall–Kier alpha value is -0.400. The van der Waals surface area contributed by atoms with E-state index in [1.807, 2.05) is 0 Å². The molecule has 0 radical (unpaired) electrons. The lowest BCUT2D eigenvalue weighted by atomic mass is 10.0. The molecule has 0 rings (SSSR count). The van der Waals surface area contributed by atoms with Crippen molar-refractivity contribution in [3.8, 4) is 0 Å². The molecule has 4 heteroatoms. The van der Waals surface area contributed by atoms with Crippen molar-refractivity contribution in [1.82, 2.24) is 0 Å². The number of hydrogen-bond acceptors (Lipinski definition) is 4. The van der Waals surface area contributed by atoms with Crippen molar-refractivity contribution in [3.05, 3.63) is 0 Å². The number of rotatable bonds is 19. The van der Waals surface area contributed by atoms with Crippen LogP contribution in [0.5, 0.6) is 0 Å². The monoisotopic (exact) mass is 428 g/mol. The average Bonchev–Trinajstić information content (AvgIpc) is 2.68. The van der Waals surface area contributed by atoms with Crippen LogP contribution in [0.4, 0.5) is 0 Å². The first kappa shape index (κ1) is 32.3. The zero-order valence-corrected chi connectivity index (χ0v) is 20.6. The third-order valence-electron chi connectivity index (χ3n) is 4.96. The quantitative estimate of drug-likeness (QED) is 0.122. The molecule has 0 aromatic heterocycles. The Labute approximate surface area is 187 Å². The molecule has 0 aromatic carbocycles. The van der Waals surface area contributed by atoms with Crippen LogP contribution >= 0.6 is 24.4 Å². The van der Waals surface area contributed by atoms with Gasteiger partial charge in [-0.05, 0) is 24.4 Å². The summed E-state index contributed by atoms with van der Waals surface area (Å²) in [5.74, 6) is 0. The highest BCUT2D eigenvalue weighted by Crippen LogP contribution is 2.14. The number of isothiocyanates is 2. The lowest BCUT2D eigenvalue weighted by Crippen LogP contribution is -1.84. The Kier molecular flexibility index (Phi) is 43.1. The number of thiocarbonyl (C=S) groups is 2. The summed E-state index contributed by atoms with van der Waals surface area (Å²) in [6.07, 6.45) is 29.4. The third-order valence-corrected chi connectivity index (χ3v) is 4.96. The summed E-state index contributed by atoms with van der Waals surface area (Å²) in [6, 6.07) is 0. The van der Waals surface area contributed by atoms with Crippen LogP contribution in [0.2, 0.25) is 0 Å². The molecule has 0 saturated carbocycles. The van der Waals surface area contributed by atoms with Crippen molar-refractivity contribution in [2.75, 3.05) is 0 Å². The van der Waals surface area contributed by atoms with E-state index < -0.39 is 0 Å². The first-order chi connectivity index (χ1) is 13.7. The van der Waals surface area contributed by atoms with Gasteiger partial charge in [-0.1, -0.05) is 142 Å². The Balaban J connectivity index is -0.000000915. The van der Waals surface area contributed by atoms with Gasteiger partial charge in [0.05, 0.1) is 10.3 Å². The highest BCUT2D eigenvalue weighted by Gasteiger charge is 1.94. The molecule has 0 fully saturated rings. The summed E-state index contributed by atoms with van der Waals surface area (Å²) in [7, 11) is 0. The predicted molar refractivity (Wildman–Crippen MR) is 134 cm³/mol. The van der Waals surface area contributed by atoms with Gasteiger partial charge in [-0.3, -0.25) is 0 Å². The topological polar surface area (TPSA) is 47.7 Å². The van der Waals surface area contributed by atoms with E-state index >= 15 is 0 Å². The second-order valence-corrected chi connectivity index (χ2v) is 7.98. The molecule has 0 atom stereocenters. The Bertz CT molecular complexity index is 289. The summed E-state index contributed by atoms with van der Waals surface area (Å²) in [6.45, 7) is 4.60. The van der Waals surface area contributed by atoms with Gasteiger partial charge in [0.1, 0.15) is 0 Å². The van der Waals surface area contributed by atoms with Gasteiger partial charge in [0.15, 0.2) is 0 Å². The molecule has 0 aliphatic heterocycles. The minimum absolute atomic E-state index is 1.37. The molecule has 28 heavy (non-hydrogen) atoms. The molecule has 0 aromatic rings. The fraction of sp³-hybridized carbons (Fsp3) is 0.917. The van der Waals surface area contributed by atoms with Gasteiger partial charge in [-0.2, -0.15) is 0 Å². The summed E-state index contributed by atoms with van der Waals surface area (Å²) >= 11 is 7.62. The van der Waals surface area contributed by atoms with Gasteiger partial charge in [0, 0.05) is 0 Å². The first-order valence-corrected chi connectivity index (χ1v) is 12.6. The lowest BCUT2D eigenvalue weighted by Gasteiger charge is -2.03. The van der Waals surface area contributed by atoms with E-state index in [1.54, 1.807) is 10.3 Å².